The Hall–Kier alpha value is -3.09. The number of aromatic amines is 1. The van der Waals surface area contributed by atoms with Gasteiger partial charge in [0.1, 0.15) is 6.04 Å². The molecule has 4 N–H and O–H groups in total. The summed E-state index contributed by atoms with van der Waals surface area (Å²) in [5.41, 5.74) is 2.01. The Kier molecular flexibility index (Phi) is 4.22. The van der Waals surface area contributed by atoms with Gasteiger partial charge in [0, 0.05) is 24.0 Å². The Morgan fingerprint density at radius 2 is 2.07 bits per heavy atom. The van der Waals surface area contributed by atoms with Crippen molar-refractivity contribution in [2.24, 2.45) is 0 Å². The van der Waals surface area contributed by atoms with E-state index in [1.807, 2.05) is 31.2 Å². The number of carbonyl (C=O) groups is 2. The van der Waals surface area contributed by atoms with Crippen molar-refractivity contribution in [1.29, 1.82) is 0 Å². The number of carbonyl (C=O) groups excluding carboxylic acids is 2. The number of para-hydroxylation sites is 1. The number of benzene rings is 1. The van der Waals surface area contributed by atoms with Crippen LogP contribution in [-0.2, 0) is 21.4 Å². The number of nitrogens with one attached hydrogen (secondary N) is 4. The Morgan fingerprint density at radius 3 is 2.89 bits per heavy atom. The molecule has 1 aromatic carbocycles. The Morgan fingerprint density at radius 1 is 1.26 bits per heavy atom. The van der Waals surface area contributed by atoms with Crippen LogP contribution in [0.25, 0.3) is 0 Å². The molecular formula is C20H22N4O3. The van der Waals surface area contributed by atoms with Gasteiger partial charge < -0.3 is 20.9 Å². The number of H-pyrrole nitrogens is 1. The second-order valence-electron chi connectivity index (χ2n) is 7.15. The largest absolute Gasteiger partial charge is 0.383 e. The van der Waals surface area contributed by atoms with Gasteiger partial charge in [0.25, 0.3) is 5.56 Å². The van der Waals surface area contributed by atoms with Gasteiger partial charge in [-0.25, -0.2) is 0 Å². The highest BCUT2D eigenvalue weighted by atomic mass is 16.2. The molecule has 2 atom stereocenters. The lowest BCUT2D eigenvalue weighted by molar-refractivity contribution is -0.125. The lowest BCUT2D eigenvalue weighted by atomic mass is 9.79. The van der Waals surface area contributed by atoms with Crippen LogP contribution in [0.15, 0.2) is 41.3 Å². The second-order valence-corrected chi connectivity index (χ2v) is 7.15. The first-order valence-corrected chi connectivity index (χ1v) is 9.21. The van der Waals surface area contributed by atoms with E-state index >= 15 is 0 Å². The lowest BCUT2D eigenvalue weighted by Gasteiger charge is -2.19. The lowest BCUT2D eigenvalue weighted by Crippen LogP contribution is -2.39. The second kappa shape index (κ2) is 6.57. The number of pyridine rings is 1. The Labute approximate surface area is 156 Å². The molecule has 7 heteroatoms. The van der Waals surface area contributed by atoms with E-state index in [0.29, 0.717) is 30.6 Å². The fourth-order valence-corrected chi connectivity index (χ4v) is 4.07. The monoisotopic (exact) mass is 366 g/mol. The van der Waals surface area contributed by atoms with Crippen molar-refractivity contribution in [2.75, 3.05) is 17.2 Å². The molecule has 2 amide bonds. The summed E-state index contributed by atoms with van der Waals surface area (Å²) in [4.78, 5) is 40.3. The molecule has 140 valence electrons. The molecule has 27 heavy (non-hydrogen) atoms. The number of anilines is 2. The third-order valence-corrected chi connectivity index (χ3v) is 5.45. The first kappa shape index (κ1) is 17.3. The number of rotatable bonds is 4. The SMILES string of the molecule is CCCc1c(NC(=O)C2CC3(CNc4ccccc43)C(=O)N2)cc[nH]c1=O. The number of aromatic nitrogens is 1. The zero-order chi connectivity index (χ0) is 19.0. The Bertz CT molecular complexity index is 968. The molecule has 2 aromatic rings. The number of amides is 2. The van der Waals surface area contributed by atoms with Gasteiger partial charge in [0.05, 0.1) is 11.1 Å². The zero-order valence-corrected chi connectivity index (χ0v) is 15.1. The van der Waals surface area contributed by atoms with Crippen LogP contribution < -0.4 is 21.5 Å². The number of fused-ring (bicyclic) bond motifs is 2. The number of hydrogen-bond acceptors (Lipinski definition) is 4. The average Bonchev–Trinajstić information content (AvgIpc) is 3.20. The minimum absolute atomic E-state index is 0.139. The average molecular weight is 366 g/mol. The van der Waals surface area contributed by atoms with Gasteiger partial charge in [0.2, 0.25) is 11.8 Å². The van der Waals surface area contributed by atoms with Crippen LogP contribution in [0.4, 0.5) is 11.4 Å². The third-order valence-electron chi connectivity index (χ3n) is 5.45. The molecule has 0 saturated carbocycles. The summed E-state index contributed by atoms with van der Waals surface area (Å²) in [6.45, 7) is 2.46. The molecule has 7 nitrogen and oxygen atoms in total. The van der Waals surface area contributed by atoms with E-state index in [4.69, 9.17) is 0 Å². The fraction of sp³-hybridized carbons (Fsp3) is 0.350. The molecule has 2 aliphatic heterocycles. The smallest absolute Gasteiger partial charge is 0.253 e. The maximum Gasteiger partial charge on any atom is 0.253 e. The van der Waals surface area contributed by atoms with Gasteiger partial charge in [-0.2, -0.15) is 0 Å². The van der Waals surface area contributed by atoms with E-state index in [9.17, 15) is 14.4 Å². The summed E-state index contributed by atoms with van der Waals surface area (Å²) in [6.07, 6.45) is 3.27. The molecular weight excluding hydrogens is 344 g/mol. The summed E-state index contributed by atoms with van der Waals surface area (Å²) in [5, 5.41) is 8.94. The molecule has 1 aromatic heterocycles. The maximum atomic E-state index is 12.8. The molecule has 2 unspecified atom stereocenters. The van der Waals surface area contributed by atoms with Gasteiger partial charge in [-0.3, -0.25) is 14.4 Å². The fourth-order valence-electron chi connectivity index (χ4n) is 4.07. The van der Waals surface area contributed by atoms with Crippen molar-refractivity contribution in [3.8, 4) is 0 Å². The van der Waals surface area contributed by atoms with Crippen molar-refractivity contribution in [1.82, 2.24) is 10.3 Å². The minimum atomic E-state index is -0.723. The van der Waals surface area contributed by atoms with Gasteiger partial charge in [-0.15, -0.1) is 0 Å². The molecule has 1 fully saturated rings. The predicted octanol–water partition coefficient (Wildman–Crippen LogP) is 1.52. The van der Waals surface area contributed by atoms with E-state index in [0.717, 1.165) is 17.7 Å². The van der Waals surface area contributed by atoms with Crippen LogP contribution in [0.3, 0.4) is 0 Å². The van der Waals surface area contributed by atoms with Crippen LogP contribution in [0.5, 0.6) is 0 Å². The van der Waals surface area contributed by atoms with Crippen molar-refractivity contribution >= 4 is 23.2 Å². The highest BCUT2D eigenvalue weighted by molar-refractivity contribution is 6.04. The van der Waals surface area contributed by atoms with Gasteiger partial charge in [0.15, 0.2) is 0 Å². The predicted molar refractivity (Wildman–Crippen MR) is 103 cm³/mol. The zero-order valence-electron chi connectivity index (χ0n) is 15.1. The van der Waals surface area contributed by atoms with E-state index in [1.54, 1.807) is 6.07 Å². The van der Waals surface area contributed by atoms with Gasteiger partial charge in [-0.05, 0) is 30.5 Å². The van der Waals surface area contributed by atoms with Crippen molar-refractivity contribution < 1.29 is 9.59 Å². The summed E-state index contributed by atoms with van der Waals surface area (Å²) in [7, 11) is 0. The molecule has 3 heterocycles. The number of hydrogen-bond donors (Lipinski definition) is 4. The maximum absolute atomic E-state index is 12.8. The van der Waals surface area contributed by atoms with Crippen LogP contribution >= 0.6 is 0 Å². The van der Waals surface area contributed by atoms with Crippen molar-refractivity contribution in [3.63, 3.8) is 0 Å². The highest BCUT2D eigenvalue weighted by Gasteiger charge is 2.53. The van der Waals surface area contributed by atoms with Gasteiger partial charge in [-0.1, -0.05) is 31.5 Å². The molecule has 4 rings (SSSR count). The van der Waals surface area contributed by atoms with E-state index < -0.39 is 11.5 Å². The van der Waals surface area contributed by atoms with Crippen LogP contribution in [-0.4, -0.2) is 29.4 Å². The molecule has 2 aliphatic rings. The first-order chi connectivity index (χ1) is 13.0. The van der Waals surface area contributed by atoms with E-state index in [1.165, 1.54) is 6.20 Å². The Balaban J connectivity index is 1.57. The topological polar surface area (TPSA) is 103 Å². The third kappa shape index (κ3) is 2.79. The normalized spacial score (nSPS) is 23.0. The van der Waals surface area contributed by atoms with Crippen LogP contribution in [0.1, 0.15) is 30.9 Å². The standard InChI is InChI=1S/C20H22N4O3/c1-2-5-12-14(8-9-21-17(12)25)23-18(26)16-10-20(19(27)24-16)11-22-15-7-4-3-6-13(15)20/h3-4,6-9,16,22H,2,5,10-11H2,1H3,(H,24,27)(H2,21,23,25,26). The van der Waals surface area contributed by atoms with E-state index in [2.05, 4.69) is 20.9 Å². The molecule has 1 saturated heterocycles. The molecule has 1 spiro atoms. The first-order valence-electron chi connectivity index (χ1n) is 9.21. The van der Waals surface area contributed by atoms with Crippen molar-refractivity contribution in [3.05, 3.63) is 58.0 Å². The van der Waals surface area contributed by atoms with E-state index in [-0.39, 0.29) is 17.4 Å². The summed E-state index contributed by atoms with van der Waals surface area (Å²) < 4.78 is 0. The van der Waals surface area contributed by atoms with Gasteiger partial charge >= 0.3 is 0 Å². The van der Waals surface area contributed by atoms with Crippen LogP contribution in [0, 0.1) is 0 Å². The molecule has 0 bridgehead atoms. The molecule has 0 aliphatic carbocycles. The summed E-state index contributed by atoms with van der Waals surface area (Å²) in [6, 6.07) is 8.75. The molecule has 0 radical (unpaired) electrons. The quantitative estimate of drug-likeness (QED) is 0.659. The summed E-state index contributed by atoms with van der Waals surface area (Å²) >= 11 is 0. The summed E-state index contributed by atoms with van der Waals surface area (Å²) in [5.74, 6) is -0.438. The van der Waals surface area contributed by atoms with Crippen molar-refractivity contribution in [2.45, 2.75) is 37.6 Å². The highest BCUT2D eigenvalue weighted by Crippen LogP contribution is 2.43. The van der Waals surface area contributed by atoms with Crippen LogP contribution in [0.2, 0.25) is 0 Å². The minimum Gasteiger partial charge on any atom is -0.383 e.